The van der Waals surface area contributed by atoms with Crippen molar-refractivity contribution in [2.24, 2.45) is 0 Å². The average Bonchev–Trinajstić information content (AvgIpc) is 3.02. The molecule has 0 saturated heterocycles. The van der Waals surface area contributed by atoms with Gasteiger partial charge in [0.15, 0.2) is 10.6 Å². The van der Waals surface area contributed by atoms with Crippen LogP contribution >= 0.6 is 23.6 Å². The van der Waals surface area contributed by atoms with Gasteiger partial charge in [0, 0.05) is 27.7 Å². The summed E-state index contributed by atoms with van der Waals surface area (Å²) < 4.78 is 2.71. The number of hydrogen-bond acceptors (Lipinski definition) is 4. The van der Waals surface area contributed by atoms with Crippen LogP contribution in [-0.4, -0.2) is 19.7 Å². The molecule has 3 heterocycles. The van der Waals surface area contributed by atoms with E-state index in [2.05, 4.69) is 46.6 Å². The molecule has 4 nitrogen and oxygen atoms in total. The summed E-state index contributed by atoms with van der Waals surface area (Å²) in [6.45, 7) is 6.44. The molecule has 3 aromatic heterocycles. The zero-order valence-electron chi connectivity index (χ0n) is 12.1. The molecule has 0 aliphatic carbocycles. The van der Waals surface area contributed by atoms with E-state index in [9.17, 15) is 0 Å². The van der Waals surface area contributed by atoms with Gasteiger partial charge in [-0.1, -0.05) is 0 Å². The van der Waals surface area contributed by atoms with E-state index in [-0.39, 0.29) is 6.04 Å². The molecule has 0 spiro atoms. The molecule has 3 aromatic rings. The summed E-state index contributed by atoms with van der Waals surface area (Å²) in [7, 11) is 0. The molecule has 21 heavy (non-hydrogen) atoms. The number of aromatic nitrogens is 4. The standard InChI is InChI=1S/C15H16N4S2/c1-9-8-13(11(3)21-9)10(2)19-14(17-18-15(19)20)12-4-6-16-7-5-12/h4-8,10H,1-3H3,(H,18,20). The van der Waals surface area contributed by atoms with Gasteiger partial charge in [-0.15, -0.1) is 11.3 Å². The van der Waals surface area contributed by atoms with Crippen LogP contribution in [0, 0.1) is 18.6 Å². The highest BCUT2D eigenvalue weighted by atomic mass is 32.1. The lowest BCUT2D eigenvalue weighted by atomic mass is 10.1. The van der Waals surface area contributed by atoms with Crippen molar-refractivity contribution in [3.8, 4) is 11.4 Å². The van der Waals surface area contributed by atoms with Crippen molar-refractivity contribution in [3.05, 3.63) is 50.7 Å². The highest BCUT2D eigenvalue weighted by Crippen LogP contribution is 2.31. The second kappa shape index (κ2) is 5.54. The Morgan fingerprint density at radius 2 is 2.00 bits per heavy atom. The van der Waals surface area contributed by atoms with E-state index in [1.54, 1.807) is 12.4 Å². The maximum atomic E-state index is 5.43. The summed E-state index contributed by atoms with van der Waals surface area (Å²) in [5, 5.41) is 7.30. The third-order valence-electron chi connectivity index (χ3n) is 3.56. The number of thiophene rings is 1. The molecule has 0 amide bonds. The molecule has 0 radical (unpaired) electrons. The molecule has 3 rings (SSSR count). The molecule has 0 aliphatic rings. The van der Waals surface area contributed by atoms with Crippen LogP contribution in [0.2, 0.25) is 0 Å². The van der Waals surface area contributed by atoms with Crippen molar-refractivity contribution in [2.45, 2.75) is 26.8 Å². The lowest BCUT2D eigenvalue weighted by Crippen LogP contribution is -2.09. The van der Waals surface area contributed by atoms with Crippen molar-refractivity contribution >= 4 is 23.6 Å². The lowest BCUT2D eigenvalue weighted by molar-refractivity contribution is 0.634. The van der Waals surface area contributed by atoms with Gasteiger partial charge in [-0.05, 0) is 56.8 Å². The second-order valence-electron chi connectivity index (χ2n) is 5.00. The smallest absolute Gasteiger partial charge is 0.196 e. The predicted molar refractivity (Wildman–Crippen MR) is 88.2 cm³/mol. The summed E-state index contributed by atoms with van der Waals surface area (Å²) in [6, 6.07) is 6.26. The van der Waals surface area contributed by atoms with Gasteiger partial charge in [0.05, 0.1) is 6.04 Å². The van der Waals surface area contributed by atoms with Crippen LogP contribution in [0.4, 0.5) is 0 Å². The summed E-state index contributed by atoms with van der Waals surface area (Å²) in [5.74, 6) is 0.846. The molecule has 6 heteroatoms. The number of rotatable bonds is 3. The Morgan fingerprint density at radius 1 is 1.29 bits per heavy atom. The zero-order valence-corrected chi connectivity index (χ0v) is 13.8. The third-order valence-corrected chi connectivity index (χ3v) is 4.83. The van der Waals surface area contributed by atoms with Crippen molar-refractivity contribution in [1.82, 2.24) is 19.7 Å². The highest BCUT2D eigenvalue weighted by Gasteiger charge is 2.18. The first-order valence-corrected chi connectivity index (χ1v) is 7.94. The summed E-state index contributed by atoms with van der Waals surface area (Å²) in [5.41, 5.74) is 2.30. The number of hydrogen-bond donors (Lipinski definition) is 1. The number of nitrogens with one attached hydrogen (secondary N) is 1. The number of aromatic amines is 1. The van der Waals surface area contributed by atoms with Crippen LogP contribution in [0.5, 0.6) is 0 Å². The molecule has 0 fully saturated rings. The molecule has 0 saturated carbocycles. The van der Waals surface area contributed by atoms with Crippen LogP contribution in [-0.2, 0) is 0 Å². The maximum absolute atomic E-state index is 5.43. The molecule has 0 bridgehead atoms. The Kier molecular flexibility index (Phi) is 3.73. The van der Waals surface area contributed by atoms with Gasteiger partial charge in [0.1, 0.15) is 0 Å². The molecule has 0 aromatic carbocycles. The summed E-state index contributed by atoms with van der Waals surface area (Å²) in [4.78, 5) is 6.69. The van der Waals surface area contributed by atoms with Crippen molar-refractivity contribution < 1.29 is 0 Å². The van der Waals surface area contributed by atoms with Crippen LogP contribution in [0.25, 0.3) is 11.4 Å². The van der Waals surface area contributed by atoms with Gasteiger partial charge in [-0.25, -0.2) is 0 Å². The van der Waals surface area contributed by atoms with E-state index in [4.69, 9.17) is 12.2 Å². The summed E-state index contributed by atoms with van der Waals surface area (Å²) in [6.07, 6.45) is 3.53. The fraction of sp³-hybridized carbons (Fsp3) is 0.267. The van der Waals surface area contributed by atoms with Gasteiger partial charge in [-0.3, -0.25) is 14.6 Å². The van der Waals surface area contributed by atoms with Gasteiger partial charge in [0.2, 0.25) is 0 Å². The Morgan fingerprint density at radius 3 is 2.62 bits per heavy atom. The van der Waals surface area contributed by atoms with Crippen molar-refractivity contribution in [2.75, 3.05) is 0 Å². The van der Waals surface area contributed by atoms with E-state index in [0.29, 0.717) is 4.77 Å². The minimum atomic E-state index is 0.143. The van der Waals surface area contributed by atoms with Gasteiger partial charge in [-0.2, -0.15) is 5.10 Å². The minimum absolute atomic E-state index is 0.143. The Bertz CT molecular complexity index is 814. The van der Waals surface area contributed by atoms with Crippen molar-refractivity contribution in [3.63, 3.8) is 0 Å². The number of pyridine rings is 1. The Hall–Kier alpha value is -1.79. The van der Waals surface area contributed by atoms with Gasteiger partial charge in [0.25, 0.3) is 0 Å². The van der Waals surface area contributed by atoms with E-state index < -0.39 is 0 Å². The highest BCUT2D eigenvalue weighted by molar-refractivity contribution is 7.71. The normalized spacial score (nSPS) is 12.5. The predicted octanol–water partition coefficient (Wildman–Crippen LogP) is 4.29. The SMILES string of the molecule is Cc1cc(C(C)n2c(-c3ccncc3)n[nH]c2=S)c(C)s1. The average molecular weight is 316 g/mol. The Balaban J connectivity index is 2.13. The van der Waals surface area contributed by atoms with Crippen LogP contribution in [0.1, 0.15) is 28.3 Å². The largest absolute Gasteiger partial charge is 0.293 e. The topological polar surface area (TPSA) is 46.5 Å². The monoisotopic (exact) mass is 316 g/mol. The van der Waals surface area contributed by atoms with Crippen molar-refractivity contribution in [1.29, 1.82) is 0 Å². The molecule has 0 aliphatic heterocycles. The fourth-order valence-corrected chi connectivity index (χ4v) is 3.88. The molecule has 108 valence electrons. The number of nitrogens with zero attached hydrogens (tertiary/aromatic N) is 3. The van der Waals surface area contributed by atoms with E-state index >= 15 is 0 Å². The minimum Gasteiger partial charge on any atom is -0.293 e. The number of aryl methyl sites for hydroxylation is 2. The first-order chi connectivity index (χ1) is 10.1. The number of H-pyrrole nitrogens is 1. The first-order valence-electron chi connectivity index (χ1n) is 6.72. The Labute approximate surface area is 132 Å². The first kappa shape index (κ1) is 14.2. The lowest BCUT2D eigenvalue weighted by Gasteiger charge is -2.15. The van der Waals surface area contributed by atoms with Gasteiger partial charge < -0.3 is 0 Å². The molecule has 1 atom stereocenters. The van der Waals surface area contributed by atoms with Crippen LogP contribution in [0.15, 0.2) is 30.6 Å². The quantitative estimate of drug-likeness (QED) is 0.733. The van der Waals surface area contributed by atoms with E-state index in [0.717, 1.165) is 11.4 Å². The summed E-state index contributed by atoms with van der Waals surface area (Å²) >= 11 is 7.25. The van der Waals surface area contributed by atoms with Crippen LogP contribution in [0.3, 0.4) is 0 Å². The maximum Gasteiger partial charge on any atom is 0.196 e. The van der Waals surface area contributed by atoms with Gasteiger partial charge >= 0.3 is 0 Å². The van der Waals surface area contributed by atoms with E-state index in [1.165, 1.54) is 15.3 Å². The molecular weight excluding hydrogens is 300 g/mol. The van der Waals surface area contributed by atoms with E-state index in [1.807, 2.05) is 23.5 Å². The van der Waals surface area contributed by atoms with Crippen LogP contribution < -0.4 is 0 Å². The zero-order chi connectivity index (χ0) is 15.0. The molecule has 1 unspecified atom stereocenters. The third kappa shape index (κ3) is 2.56. The second-order valence-corrected chi connectivity index (χ2v) is 6.85. The fourth-order valence-electron chi connectivity index (χ4n) is 2.57. The molecule has 1 N–H and O–H groups in total. The molecular formula is C15H16N4S2.